The molecule has 4 saturated carbocycles. The van der Waals surface area contributed by atoms with Gasteiger partial charge in [0.2, 0.25) is 0 Å². The third-order valence-corrected chi connectivity index (χ3v) is 10.4. The molecular weight excluding hydrogens is 448 g/mol. The van der Waals surface area contributed by atoms with Gasteiger partial charge in [-0.1, -0.05) is 20.8 Å². The molecule has 4 aliphatic rings. The SMILES string of the molecule is CCOC(=O)COC(=O)CC[C@@H](C)[C@H]1CC[C@H]2[C@@H]3C(=O)C[C@@H]4CC(=O)CC[C@]4(C)[C@H]3CC(=O)[C@]12C. The molecular formula is C28H40O7. The molecule has 35 heavy (non-hydrogen) atoms. The monoisotopic (exact) mass is 488 g/mol. The largest absolute Gasteiger partial charge is 0.463 e. The second-order valence-electron chi connectivity index (χ2n) is 11.9. The van der Waals surface area contributed by atoms with Crippen LogP contribution in [0.1, 0.15) is 85.5 Å². The summed E-state index contributed by atoms with van der Waals surface area (Å²) < 4.78 is 9.81. The van der Waals surface area contributed by atoms with Crippen LogP contribution in [0.15, 0.2) is 0 Å². The predicted molar refractivity (Wildman–Crippen MR) is 127 cm³/mol. The number of hydrogen-bond acceptors (Lipinski definition) is 7. The van der Waals surface area contributed by atoms with E-state index in [2.05, 4.69) is 20.8 Å². The average Bonchev–Trinajstić information content (AvgIpc) is 3.16. The zero-order valence-electron chi connectivity index (χ0n) is 21.6. The molecule has 0 aromatic rings. The maximum Gasteiger partial charge on any atom is 0.344 e. The van der Waals surface area contributed by atoms with Crippen LogP contribution < -0.4 is 0 Å². The summed E-state index contributed by atoms with van der Waals surface area (Å²) >= 11 is 0. The molecule has 0 bridgehead atoms. The van der Waals surface area contributed by atoms with Crippen LogP contribution >= 0.6 is 0 Å². The van der Waals surface area contributed by atoms with Crippen LogP contribution in [0.3, 0.4) is 0 Å². The fraction of sp³-hybridized carbons (Fsp3) is 0.821. The van der Waals surface area contributed by atoms with E-state index in [0.29, 0.717) is 32.1 Å². The van der Waals surface area contributed by atoms with E-state index < -0.39 is 17.4 Å². The number of rotatable bonds is 7. The quantitative estimate of drug-likeness (QED) is 0.497. The van der Waals surface area contributed by atoms with Gasteiger partial charge in [-0.2, -0.15) is 0 Å². The van der Waals surface area contributed by atoms with Crippen molar-refractivity contribution in [2.45, 2.75) is 85.5 Å². The molecule has 4 aliphatic carbocycles. The molecule has 0 N–H and O–H groups in total. The summed E-state index contributed by atoms with van der Waals surface area (Å²) in [7, 11) is 0. The molecule has 7 nitrogen and oxygen atoms in total. The molecule has 0 aromatic carbocycles. The van der Waals surface area contributed by atoms with E-state index in [1.54, 1.807) is 6.92 Å². The van der Waals surface area contributed by atoms with Crippen LogP contribution in [0, 0.1) is 46.3 Å². The highest BCUT2D eigenvalue weighted by atomic mass is 16.6. The normalized spacial score (nSPS) is 39.3. The Balaban J connectivity index is 1.44. The van der Waals surface area contributed by atoms with Crippen molar-refractivity contribution < 1.29 is 33.4 Å². The average molecular weight is 489 g/mol. The minimum absolute atomic E-state index is 0.0411. The Morgan fingerprint density at radius 3 is 2.46 bits per heavy atom. The molecule has 7 heteroatoms. The predicted octanol–water partition coefficient (Wildman–Crippen LogP) is 4.10. The maximum atomic E-state index is 13.8. The number of fused-ring (bicyclic) bond motifs is 5. The molecule has 0 radical (unpaired) electrons. The van der Waals surface area contributed by atoms with Crippen molar-refractivity contribution >= 4 is 29.3 Å². The lowest BCUT2D eigenvalue weighted by Crippen LogP contribution is -2.60. The molecule has 194 valence electrons. The number of esters is 2. The summed E-state index contributed by atoms with van der Waals surface area (Å²) in [6.07, 6.45) is 5.22. The van der Waals surface area contributed by atoms with Gasteiger partial charge in [0.05, 0.1) is 6.61 Å². The highest BCUT2D eigenvalue weighted by molar-refractivity contribution is 5.93. The van der Waals surface area contributed by atoms with Crippen LogP contribution in [0.4, 0.5) is 0 Å². The van der Waals surface area contributed by atoms with Crippen LogP contribution in [0.5, 0.6) is 0 Å². The van der Waals surface area contributed by atoms with Crippen LogP contribution in [0.2, 0.25) is 0 Å². The van der Waals surface area contributed by atoms with Gasteiger partial charge in [-0.3, -0.25) is 19.2 Å². The summed E-state index contributed by atoms with van der Waals surface area (Å²) in [5.74, 6) is 0.0674. The van der Waals surface area contributed by atoms with Crippen LogP contribution in [-0.2, 0) is 33.4 Å². The Bertz CT molecular complexity index is 909. The van der Waals surface area contributed by atoms with E-state index in [0.717, 1.165) is 19.3 Å². The lowest BCUT2D eigenvalue weighted by Gasteiger charge is -2.58. The Morgan fingerprint density at radius 1 is 1.00 bits per heavy atom. The summed E-state index contributed by atoms with van der Waals surface area (Å²) in [4.78, 5) is 63.0. The smallest absolute Gasteiger partial charge is 0.344 e. The highest BCUT2D eigenvalue weighted by Gasteiger charge is 2.66. The van der Waals surface area contributed by atoms with Gasteiger partial charge < -0.3 is 9.47 Å². The van der Waals surface area contributed by atoms with Crippen molar-refractivity contribution in [3.8, 4) is 0 Å². The van der Waals surface area contributed by atoms with Crippen molar-refractivity contribution in [1.29, 1.82) is 0 Å². The van der Waals surface area contributed by atoms with E-state index >= 15 is 0 Å². The van der Waals surface area contributed by atoms with E-state index in [-0.39, 0.29) is 77.9 Å². The topological polar surface area (TPSA) is 104 Å². The lowest BCUT2D eigenvalue weighted by atomic mass is 9.44. The third-order valence-electron chi connectivity index (χ3n) is 10.4. The Labute approximate surface area is 208 Å². The molecule has 0 aliphatic heterocycles. The molecule has 8 atom stereocenters. The van der Waals surface area contributed by atoms with Gasteiger partial charge in [-0.15, -0.1) is 0 Å². The Kier molecular flexibility index (Phi) is 7.27. The van der Waals surface area contributed by atoms with Gasteiger partial charge in [-0.05, 0) is 67.6 Å². The summed E-state index contributed by atoms with van der Waals surface area (Å²) in [5.41, 5.74) is -0.672. The minimum Gasteiger partial charge on any atom is -0.463 e. The Morgan fingerprint density at radius 2 is 1.74 bits per heavy atom. The van der Waals surface area contributed by atoms with Crippen LogP contribution in [-0.4, -0.2) is 42.5 Å². The second kappa shape index (κ2) is 9.78. The van der Waals surface area contributed by atoms with Gasteiger partial charge in [0, 0.05) is 43.4 Å². The highest BCUT2D eigenvalue weighted by Crippen LogP contribution is 2.66. The first-order chi connectivity index (χ1) is 16.5. The number of hydrogen-bond donors (Lipinski definition) is 0. The third kappa shape index (κ3) is 4.48. The summed E-state index contributed by atoms with van der Waals surface area (Å²) in [5, 5.41) is 0. The number of ether oxygens (including phenoxy) is 2. The van der Waals surface area contributed by atoms with Crippen molar-refractivity contribution in [1.82, 2.24) is 0 Å². The Hall–Kier alpha value is -2.05. The first-order valence-corrected chi connectivity index (χ1v) is 13.4. The van der Waals surface area contributed by atoms with Crippen molar-refractivity contribution in [3.63, 3.8) is 0 Å². The number of carbonyl (C=O) groups is 5. The molecule has 0 amide bonds. The first-order valence-electron chi connectivity index (χ1n) is 13.4. The van der Waals surface area contributed by atoms with Gasteiger partial charge >= 0.3 is 11.9 Å². The van der Waals surface area contributed by atoms with E-state index in [9.17, 15) is 24.0 Å². The number of ketones is 3. The van der Waals surface area contributed by atoms with E-state index in [1.165, 1.54) is 0 Å². The fourth-order valence-electron chi connectivity index (χ4n) is 8.35. The van der Waals surface area contributed by atoms with Gasteiger partial charge in [0.15, 0.2) is 6.61 Å². The number of carbonyl (C=O) groups excluding carboxylic acids is 5. The molecule has 0 saturated heterocycles. The molecule has 0 heterocycles. The zero-order chi connectivity index (χ0) is 25.5. The van der Waals surface area contributed by atoms with Gasteiger partial charge in [0.25, 0.3) is 0 Å². The maximum absolute atomic E-state index is 13.8. The first kappa shape index (κ1) is 26.0. The van der Waals surface area contributed by atoms with Crippen molar-refractivity contribution in [2.75, 3.05) is 13.2 Å². The summed E-state index contributed by atoms with van der Waals surface area (Å²) in [6, 6.07) is 0. The van der Waals surface area contributed by atoms with Crippen molar-refractivity contribution in [3.05, 3.63) is 0 Å². The summed E-state index contributed by atoms with van der Waals surface area (Å²) in [6.45, 7) is 7.94. The van der Waals surface area contributed by atoms with Crippen molar-refractivity contribution in [2.24, 2.45) is 46.3 Å². The zero-order valence-corrected chi connectivity index (χ0v) is 21.6. The molecule has 4 rings (SSSR count). The molecule has 0 spiro atoms. The van der Waals surface area contributed by atoms with E-state index in [1.807, 2.05) is 0 Å². The minimum atomic E-state index is -0.558. The van der Waals surface area contributed by atoms with E-state index in [4.69, 9.17) is 9.47 Å². The molecule has 4 fully saturated rings. The van der Waals surface area contributed by atoms with Gasteiger partial charge in [-0.25, -0.2) is 4.79 Å². The van der Waals surface area contributed by atoms with Gasteiger partial charge in [0.1, 0.15) is 17.3 Å². The van der Waals surface area contributed by atoms with Crippen LogP contribution in [0.25, 0.3) is 0 Å². The molecule has 0 unspecified atom stereocenters. The molecule has 0 aromatic heterocycles. The standard InChI is InChI=1S/C28H40O7/c1-5-34-25(33)15-35-24(32)9-6-16(2)19-7-8-20-26-21(14-23(31)28(19,20)4)27(3)11-10-18(29)12-17(27)13-22(26)30/h16-17,19-21,26H,5-15H2,1-4H3/t16-,17+,19-,20+,21+,26+,27+,28-/m1/s1. The fourth-order valence-corrected chi connectivity index (χ4v) is 8.35. The second-order valence-corrected chi connectivity index (χ2v) is 11.9. The lowest BCUT2D eigenvalue weighted by molar-refractivity contribution is -0.166. The number of Topliss-reactive ketones (excluding diaryl/α,β-unsaturated/α-hetero) is 3.